The fourth-order valence-corrected chi connectivity index (χ4v) is 4.22. The van der Waals surface area contributed by atoms with Crippen molar-refractivity contribution in [2.24, 2.45) is 23.7 Å². The number of unbranched alkanes of at least 4 members (excludes halogenated alkanes) is 8. The predicted octanol–water partition coefficient (Wildman–Crippen LogP) is 7.73. The van der Waals surface area contributed by atoms with E-state index in [4.69, 9.17) is 9.47 Å². The summed E-state index contributed by atoms with van der Waals surface area (Å²) in [6.45, 7) is 14.1. The standard InChI is InChI=1S/C27H52O4/c1-7-9-20-30-25(28)19-17-15-13-11-12-14-16-18-24(22(3)4)26(23(5)6)27(29)31-21-10-8-2/h22-24,26H,7-21H2,1-6H3. The van der Waals surface area contributed by atoms with Crippen molar-refractivity contribution in [1.82, 2.24) is 0 Å². The Morgan fingerprint density at radius 1 is 0.645 bits per heavy atom. The minimum atomic E-state index is -0.0406. The molecule has 184 valence electrons. The van der Waals surface area contributed by atoms with Gasteiger partial charge >= 0.3 is 11.9 Å². The smallest absolute Gasteiger partial charge is 0.309 e. The molecule has 0 aliphatic heterocycles. The lowest BCUT2D eigenvalue weighted by atomic mass is 9.74. The lowest BCUT2D eigenvalue weighted by Gasteiger charge is -2.31. The van der Waals surface area contributed by atoms with E-state index < -0.39 is 0 Å². The maximum atomic E-state index is 12.7. The Kier molecular flexibility index (Phi) is 18.9. The Morgan fingerprint density at radius 3 is 1.68 bits per heavy atom. The van der Waals surface area contributed by atoms with E-state index in [0.29, 0.717) is 37.4 Å². The summed E-state index contributed by atoms with van der Waals surface area (Å²) in [4.78, 5) is 24.3. The van der Waals surface area contributed by atoms with Crippen LogP contribution in [0.25, 0.3) is 0 Å². The number of rotatable bonds is 20. The van der Waals surface area contributed by atoms with Gasteiger partial charge in [-0.1, -0.05) is 92.9 Å². The summed E-state index contributed by atoms with van der Waals surface area (Å²) in [5.74, 6) is 1.18. The zero-order valence-corrected chi connectivity index (χ0v) is 21.5. The quantitative estimate of drug-likeness (QED) is 0.143. The molecule has 0 aliphatic carbocycles. The summed E-state index contributed by atoms with van der Waals surface area (Å²) >= 11 is 0. The molecular weight excluding hydrogens is 388 g/mol. The number of carbonyl (C=O) groups excluding carboxylic acids is 2. The van der Waals surface area contributed by atoms with Crippen LogP contribution in [-0.2, 0) is 19.1 Å². The Morgan fingerprint density at radius 2 is 1.16 bits per heavy atom. The molecule has 0 amide bonds. The lowest BCUT2D eigenvalue weighted by Crippen LogP contribution is -2.33. The van der Waals surface area contributed by atoms with Crippen LogP contribution >= 0.6 is 0 Å². The van der Waals surface area contributed by atoms with Crippen molar-refractivity contribution in [3.63, 3.8) is 0 Å². The molecule has 0 aromatic carbocycles. The average molecular weight is 441 g/mol. The third-order valence-electron chi connectivity index (χ3n) is 6.23. The van der Waals surface area contributed by atoms with Crippen molar-refractivity contribution in [1.29, 1.82) is 0 Å². The van der Waals surface area contributed by atoms with Crippen LogP contribution in [0.2, 0.25) is 0 Å². The SMILES string of the molecule is CCCCOC(=O)CCCCCCCCCC(C(C)C)C(C(=O)OCCCC)C(C)C. The molecule has 0 heterocycles. The van der Waals surface area contributed by atoms with Gasteiger partial charge < -0.3 is 9.47 Å². The van der Waals surface area contributed by atoms with Gasteiger partial charge in [0.25, 0.3) is 0 Å². The second kappa shape index (κ2) is 19.6. The molecule has 0 N–H and O–H groups in total. The molecule has 0 aliphatic rings. The highest BCUT2D eigenvalue weighted by Gasteiger charge is 2.33. The topological polar surface area (TPSA) is 52.6 Å². The molecule has 0 saturated carbocycles. The molecule has 4 heteroatoms. The fraction of sp³-hybridized carbons (Fsp3) is 0.926. The normalized spacial score (nSPS) is 13.4. The molecular formula is C27H52O4. The third kappa shape index (κ3) is 15.4. The fourth-order valence-electron chi connectivity index (χ4n) is 4.22. The van der Waals surface area contributed by atoms with Crippen molar-refractivity contribution >= 4 is 11.9 Å². The van der Waals surface area contributed by atoms with Gasteiger partial charge in [0, 0.05) is 6.42 Å². The van der Waals surface area contributed by atoms with E-state index in [1.54, 1.807) is 0 Å². The minimum Gasteiger partial charge on any atom is -0.466 e. The van der Waals surface area contributed by atoms with E-state index in [-0.39, 0.29) is 17.9 Å². The van der Waals surface area contributed by atoms with Crippen LogP contribution in [0.5, 0.6) is 0 Å². The Labute approximate surface area is 193 Å². The van der Waals surface area contributed by atoms with Gasteiger partial charge in [0.15, 0.2) is 0 Å². The van der Waals surface area contributed by atoms with Crippen molar-refractivity contribution in [3.05, 3.63) is 0 Å². The van der Waals surface area contributed by atoms with Gasteiger partial charge in [-0.05, 0) is 43.4 Å². The zero-order valence-electron chi connectivity index (χ0n) is 21.5. The first-order valence-electron chi connectivity index (χ1n) is 13.2. The maximum Gasteiger partial charge on any atom is 0.309 e. The highest BCUT2D eigenvalue weighted by atomic mass is 16.5. The summed E-state index contributed by atoms with van der Waals surface area (Å²) < 4.78 is 10.8. The number of hydrogen-bond donors (Lipinski definition) is 0. The highest BCUT2D eigenvalue weighted by molar-refractivity contribution is 5.73. The molecule has 0 spiro atoms. The van der Waals surface area contributed by atoms with Gasteiger partial charge in [0.2, 0.25) is 0 Å². The average Bonchev–Trinajstić information content (AvgIpc) is 2.71. The monoisotopic (exact) mass is 440 g/mol. The highest BCUT2D eigenvalue weighted by Crippen LogP contribution is 2.33. The van der Waals surface area contributed by atoms with E-state index in [0.717, 1.165) is 44.9 Å². The lowest BCUT2D eigenvalue weighted by molar-refractivity contribution is -0.153. The van der Waals surface area contributed by atoms with Crippen molar-refractivity contribution in [2.45, 2.75) is 125 Å². The van der Waals surface area contributed by atoms with Crippen molar-refractivity contribution in [2.75, 3.05) is 13.2 Å². The van der Waals surface area contributed by atoms with Gasteiger partial charge in [0.05, 0.1) is 19.1 Å². The predicted molar refractivity (Wildman–Crippen MR) is 130 cm³/mol. The number of ether oxygens (including phenoxy) is 2. The molecule has 0 fully saturated rings. The van der Waals surface area contributed by atoms with E-state index in [1.807, 2.05) is 0 Å². The van der Waals surface area contributed by atoms with Crippen LogP contribution in [0.4, 0.5) is 0 Å². The van der Waals surface area contributed by atoms with E-state index in [1.165, 1.54) is 32.1 Å². The van der Waals surface area contributed by atoms with Crippen LogP contribution in [0.1, 0.15) is 125 Å². The maximum absolute atomic E-state index is 12.7. The van der Waals surface area contributed by atoms with Gasteiger partial charge in [0.1, 0.15) is 0 Å². The molecule has 2 atom stereocenters. The molecule has 0 aromatic rings. The molecule has 0 saturated heterocycles. The van der Waals surface area contributed by atoms with Crippen LogP contribution in [-0.4, -0.2) is 25.2 Å². The van der Waals surface area contributed by atoms with E-state index in [2.05, 4.69) is 41.5 Å². The molecule has 31 heavy (non-hydrogen) atoms. The van der Waals surface area contributed by atoms with Crippen LogP contribution in [0.15, 0.2) is 0 Å². The van der Waals surface area contributed by atoms with Crippen LogP contribution < -0.4 is 0 Å². The first-order chi connectivity index (χ1) is 14.8. The first kappa shape index (κ1) is 29.9. The third-order valence-corrected chi connectivity index (χ3v) is 6.23. The summed E-state index contributed by atoms with van der Waals surface area (Å²) in [5, 5.41) is 0. The Hall–Kier alpha value is -1.06. The molecule has 0 aromatic heterocycles. The summed E-state index contributed by atoms with van der Waals surface area (Å²) in [7, 11) is 0. The largest absolute Gasteiger partial charge is 0.466 e. The first-order valence-corrected chi connectivity index (χ1v) is 13.2. The zero-order chi connectivity index (χ0) is 23.5. The van der Waals surface area contributed by atoms with Gasteiger partial charge in [-0.25, -0.2) is 0 Å². The molecule has 2 unspecified atom stereocenters. The Balaban J connectivity index is 4.07. The molecule has 0 rings (SSSR count). The van der Waals surface area contributed by atoms with E-state index >= 15 is 0 Å². The van der Waals surface area contributed by atoms with Crippen LogP contribution in [0, 0.1) is 23.7 Å². The van der Waals surface area contributed by atoms with Gasteiger partial charge in [-0.15, -0.1) is 0 Å². The summed E-state index contributed by atoms with van der Waals surface area (Å²) in [6.07, 6.45) is 13.8. The summed E-state index contributed by atoms with van der Waals surface area (Å²) in [6, 6.07) is 0. The molecule has 4 nitrogen and oxygen atoms in total. The second-order valence-electron chi connectivity index (χ2n) is 9.79. The number of esters is 2. The Bertz CT molecular complexity index is 445. The minimum absolute atomic E-state index is 0.00828. The van der Waals surface area contributed by atoms with Gasteiger partial charge in [-0.2, -0.15) is 0 Å². The number of hydrogen-bond acceptors (Lipinski definition) is 4. The van der Waals surface area contributed by atoms with Gasteiger partial charge in [-0.3, -0.25) is 9.59 Å². The van der Waals surface area contributed by atoms with Crippen molar-refractivity contribution < 1.29 is 19.1 Å². The molecule has 0 bridgehead atoms. The summed E-state index contributed by atoms with van der Waals surface area (Å²) in [5.41, 5.74) is 0. The second-order valence-corrected chi connectivity index (χ2v) is 9.79. The van der Waals surface area contributed by atoms with E-state index in [9.17, 15) is 9.59 Å². The van der Waals surface area contributed by atoms with Crippen LogP contribution in [0.3, 0.4) is 0 Å². The van der Waals surface area contributed by atoms with Crippen molar-refractivity contribution in [3.8, 4) is 0 Å². The molecule has 0 radical (unpaired) electrons. The number of carbonyl (C=O) groups is 2.